The summed E-state index contributed by atoms with van der Waals surface area (Å²) in [4.78, 5) is 11.8. The Morgan fingerprint density at radius 2 is 1.91 bits per heavy atom. The number of carbonyl (C=O) groups is 1. The van der Waals surface area contributed by atoms with Gasteiger partial charge in [0.05, 0.1) is 18.8 Å². The molecule has 0 heterocycles. The number of ether oxygens (including phenoxy) is 2. The molecule has 0 bridgehead atoms. The van der Waals surface area contributed by atoms with Gasteiger partial charge in [0.25, 0.3) is 0 Å². The third kappa shape index (κ3) is 8.56. The van der Waals surface area contributed by atoms with Crippen LogP contribution in [0, 0.1) is 5.92 Å². The van der Waals surface area contributed by atoms with Gasteiger partial charge >= 0.3 is 6.09 Å². The zero-order valence-electron chi connectivity index (χ0n) is 15.4. The van der Waals surface area contributed by atoms with E-state index in [1.807, 2.05) is 34.6 Å². The first-order valence-corrected chi connectivity index (χ1v) is 8.97. The van der Waals surface area contributed by atoms with Gasteiger partial charge in [-0.1, -0.05) is 12.8 Å². The Hall–Kier alpha value is -0.810. The number of carbonyl (C=O) groups excluding carboxylic acids is 1. The third-order valence-corrected chi connectivity index (χ3v) is 4.24. The highest BCUT2D eigenvalue weighted by molar-refractivity contribution is 5.67. The lowest BCUT2D eigenvalue weighted by Gasteiger charge is -2.34. The van der Waals surface area contributed by atoms with Crippen LogP contribution >= 0.6 is 0 Å². The molecule has 2 N–H and O–H groups in total. The predicted octanol–water partition coefficient (Wildman–Crippen LogP) is 3.64. The monoisotopic (exact) mass is 329 g/mol. The van der Waals surface area contributed by atoms with Gasteiger partial charge in [-0.25, -0.2) is 4.79 Å². The molecule has 0 radical (unpaired) electrons. The third-order valence-electron chi connectivity index (χ3n) is 4.24. The highest BCUT2D eigenvalue weighted by atomic mass is 16.6. The molecule has 0 aliphatic heterocycles. The molecule has 1 amide bonds. The molecule has 136 valence electrons. The SMILES string of the molecule is C[C@H](CCC1CCCCC1O[C@H](C)CO)NC(=O)OC(C)(C)C. The first-order valence-electron chi connectivity index (χ1n) is 8.97. The molecular formula is C18H35NO4. The van der Waals surface area contributed by atoms with Crippen molar-refractivity contribution in [3.8, 4) is 0 Å². The van der Waals surface area contributed by atoms with E-state index < -0.39 is 5.60 Å². The van der Waals surface area contributed by atoms with E-state index in [1.165, 1.54) is 19.3 Å². The summed E-state index contributed by atoms with van der Waals surface area (Å²) in [6.07, 6.45) is 6.41. The maximum absolute atomic E-state index is 11.8. The molecule has 5 heteroatoms. The summed E-state index contributed by atoms with van der Waals surface area (Å²) in [6.45, 7) is 9.59. The van der Waals surface area contributed by atoms with Crippen LogP contribution in [0.1, 0.15) is 73.1 Å². The molecule has 0 aromatic rings. The number of hydrogen-bond acceptors (Lipinski definition) is 4. The van der Waals surface area contributed by atoms with Crippen LogP contribution in [0.15, 0.2) is 0 Å². The van der Waals surface area contributed by atoms with E-state index in [2.05, 4.69) is 5.32 Å². The number of alkyl carbamates (subject to hydrolysis) is 1. The second kappa shape index (κ2) is 9.48. The van der Waals surface area contributed by atoms with Gasteiger partial charge in [0.1, 0.15) is 5.60 Å². The summed E-state index contributed by atoms with van der Waals surface area (Å²) in [6, 6.07) is 0.0858. The highest BCUT2D eigenvalue weighted by Gasteiger charge is 2.27. The van der Waals surface area contributed by atoms with Gasteiger partial charge in [0, 0.05) is 6.04 Å². The van der Waals surface area contributed by atoms with Crippen LogP contribution in [0.25, 0.3) is 0 Å². The molecule has 1 fully saturated rings. The quantitative estimate of drug-likeness (QED) is 0.748. The van der Waals surface area contributed by atoms with E-state index in [-0.39, 0.29) is 30.9 Å². The standard InChI is InChI=1S/C18H35NO4/c1-13(19-17(21)23-18(3,4)5)10-11-15-8-6-7-9-16(15)22-14(2)12-20/h13-16,20H,6-12H2,1-5H3,(H,19,21)/t13-,14-,15?,16?/m1/s1. The van der Waals surface area contributed by atoms with Gasteiger partial charge in [-0.2, -0.15) is 0 Å². The van der Waals surface area contributed by atoms with Crippen molar-refractivity contribution in [1.29, 1.82) is 0 Å². The molecule has 5 nitrogen and oxygen atoms in total. The normalized spacial score (nSPS) is 24.8. The van der Waals surface area contributed by atoms with Crippen LogP contribution in [-0.4, -0.2) is 41.7 Å². The zero-order valence-corrected chi connectivity index (χ0v) is 15.4. The topological polar surface area (TPSA) is 67.8 Å². The molecule has 0 spiro atoms. The van der Waals surface area contributed by atoms with Crippen LogP contribution in [0.5, 0.6) is 0 Å². The van der Waals surface area contributed by atoms with Gasteiger partial charge in [-0.3, -0.25) is 0 Å². The van der Waals surface area contributed by atoms with Crippen molar-refractivity contribution in [2.75, 3.05) is 6.61 Å². The fraction of sp³-hybridized carbons (Fsp3) is 0.944. The molecule has 1 saturated carbocycles. The number of amides is 1. The van der Waals surface area contributed by atoms with E-state index in [0.717, 1.165) is 19.3 Å². The molecule has 0 aromatic heterocycles. The smallest absolute Gasteiger partial charge is 0.407 e. The van der Waals surface area contributed by atoms with Crippen molar-refractivity contribution in [2.24, 2.45) is 5.92 Å². The van der Waals surface area contributed by atoms with Crippen molar-refractivity contribution < 1.29 is 19.4 Å². The Bertz CT molecular complexity index is 353. The summed E-state index contributed by atoms with van der Waals surface area (Å²) in [5.74, 6) is 0.514. The average Bonchev–Trinajstić information content (AvgIpc) is 2.44. The van der Waals surface area contributed by atoms with Gasteiger partial charge in [-0.05, 0) is 66.2 Å². The maximum atomic E-state index is 11.8. The Morgan fingerprint density at radius 3 is 2.52 bits per heavy atom. The van der Waals surface area contributed by atoms with Gasteiger partial charge < -0.3 is 19.9 Å². The lowest BCUT2D eigenvalue weighted by Crippen LogP contribution is -2.38. The number of hydrogen-bond donors (Lipinski definition) is 2. The van der Waals surface area contributed by atoms with Crippen molar-refractivity contribution in [3.63, 3.8) is 0 Å². The van der Waals surface area contributed by atoms with Crippen LogP contribution in [0.4, 0.5) is 4.79 Å². The molecule has 0 aromatic carbocycles. The lowest BCUT2D eigenvalue weighted by molar-refractivity contribution is -0.0724. The van der Waals surface area contributed by atoms with Gasteiger partial charge in [0.15, 0.2) is 0 Å². The zero-order chi connectivity index (χ0) is 17.5. The molecule has 2 unspecified atom stereocenters. The summed E-state index contributed by atoms with van der Waals surface area (Å²) in [5, 5.41) is 12.1. The minimum absolute atomic E-state index is 0.0693. The summed E-state index contributed by atoms with van der Waals surface area (Å²) < 4.78 is 11.3. The Balaban J connectivity index is 2.37. The van der Waals surface area contributed by atoms with Crippen LogP contribution in [-0.2, 0) is 9.47 Å². The summed E-state index contributed by atoms with van der Waals surface area (Å²) in [7, 11) is 0. The Morgan fingerprint density at radius 1 is 1.26 bits per heavy atom. The van der Waals surface area contributed by atoms with E-state index in [0.29, 0.717) is 5.92 Å². The minimum Gasteiger partial charge on any atom is -0.444 e. The number of rotatable bonds is 7. The van der Waals surface area contributed by atoms with Gasteiger partial charge in [0.2, 0.25) is 0 Å². The average molecular weight is 329 g/mol. The number of aliphatic hydroxyl groups excluding tert-OH is 1. The van der Waals surface area contributed by atoms with Crippen molar-refractivity contribution >= 4 is 6.09 Å². The van der Waals surface area contributed by atoms with E-state index in [9.17, 15) is 9.90 Å². The lowest BCUT2D eigenvalue weighted by atomic mass is 9.82. The summed E-state index contributed by atoms with van der Waals surface area (Å²) in [5.41, 5.74) is -0.466. The first-order chi connectivity index (χ1) is 10.7. The van der Waals surface area contributed by atoms with Crippen molar-refractivity contribution in [2.45, 2.75) is 97.0 Å². The van der Waals surface area contributed by atoms with E-state index in [4.69, 9.17) is 9.47 Å². The number of nitrogens with one attached hydrogen (secondary N) is 1. The molecule has 1 aliphatic rings. The predicted molar refractivity (Wildman–Crippen MR) is 91.4 cm³/mol. The molecular weight excluding hydrogens is 294 g/mol. The van der Waals surface area contributed by atoms with E-state index in [1.54, 1.807) is 0 Å². The Labute approximate surface area is 141 Å². The van der Waals surface area contributed by atoms with Crippen LogP contribution in [0.2, 0.25) is 0 Å². The van der Waals surface area contributed by atoms with Crippen molar-refractivity contribution in [3.05, 3.63) is 0 Å². The second-order valence-corrected chi connectivity index (χ2v) is 7.84. The van der Waals surface area contributed by atoms with Crippen LogP contribution in [0.3, 0.4) is 0 Å². The molecule has 0 saturated heterocycles. The molecule has 1 aliphatic carbocycles. The first kappa shape index (κ1) is 20.2. The molecule has 23 heavy (non-hydrogen) atoms. The molecule has 1 rings (SSSR count). The summed E-state index contributed by atoms with van der Waals surface area (Å²) >= 11 is 0. The second-order valence-electron chi connectivity index (χ2n) is 7.84. The van der Waals surface area contributed by atoms with Gasteiger partial charge in [-0.15, -0.1) is 0 Å². The number of aliphatic hydroxyl groups is 1. The highest BCUT2D eigenvalue weighted by Crippen LogP contribution is 2.31. The van der Waals surface area contributed by atoms with Crippen molar-refractivity contribution in [1.82, 2.24) is 5.32 Å². The van der Waals surface area contributed by atoms with Crippen LogP contribution < -0.4 is 5.32 Å². The maximum Gasteiger partial charge on any atom is 0.407 e. The van der Waals surface area contributed by atoms with E-state index >= 15 is 0 Å². The minimum atomic E-state index is -0.466. The molecule has 4 atom stereocenters. The largest absolute Gasteiger partial charge is 0.444 e. The Kier molecular flexibility index (Phi) is 8.34. The fourth-order valence-electron chi connectivity index (χ4n) is 3.07. The fourth-order valence-corrected chi connectivity index (χ4v) is 3.07.